The van der Waals surface area contributed by atoms with Crippen LogP contribution in [0, 0.1) is 5.92 Å². The number of esters is 1. The first kappa shape index (κ1) is 17.7. The molecule has 0 heterocycles. The number of rotatable bonds is 7. The smallest absolute Gasteiger partial charge is 0.335 e. The third-order valence-electron chi connectivity index (χ3n) is 3.19. The van der Waals surface area contributed by atoms with E-state index in [9.17, 15) is 14.4 Å². The lowest BCUT2D eigenvalue weighted by molar-refractivity contribution is -0.148. The van der Waals surface area contributed by atoms with E-state index in [1.54, 1.807) is 33.2 Å². The number of carbonyl (C=O) groups excluding carboxylic acids is 2. The van der Waals surface area contributed by atoms with Gasteiger partial charge in [-0.05, 0) is 31.0 Å². The molecule has 1 aromatic rings. The highest BCUT2D eigenvalue weighted by molar-refractivity contribution is 5.87. The normalized spacial score (nSPS) is 11.6. The zero-order valence-electron chi connectivity index (χ0n) is 13.0. The van der Waals surface area contributed by atoms with Gasteiger partial charge in [-0.15, -0.1) is 0 Å². The van der Waals surface area contributed by atoms with E-state index in [0.29, 0.717) is 6.42 Å². The Kier molecular flexibility index (Phi) is 6.56. The van der Waals surface area contributed by atoms with Crippen molar-refractivity contribution >= 4 is 17.8 Å². The van der Waals surface area contributed by atoms with Gasteiger partial charge in [0.2, 0.25) is 5.91 Å². The zero-order chi connectivity index (χ0) is 16.7. The molecule has 120 valence electrons. The summed E-state index contributed by atoms with van der Waals surface area (Å²) in [5, 5.41) is 8.87. The molecule has 0 radical (unpaired) electrons. The Balaban J connectivity index is 2.85. The average Bonchev–Trinajstić information content (AvgIpc) is 2.46. The molecular weight excluding hydrogens is 286 g/mol. The molecule has 1 unspecified atom stereocenters. The van der Waals surface area contributed by atoms with Gasteiger partial charge in [0.05, 0.1) is 24.5 Å². The molecule has 1 rings (SSSR count). The zero-order valence-corrected chi connectivity index (χ0v) is 13.0. The van der Waals surface area contributed by atoms with Gasteiger partial charge in [0, 0.05) is 14.1 Å². The lowest BCUT2D eigenvalue weighted by atomic mass is 9.94. The minimum atomic E-state index is -1.00. The summed E-state index contributed by atoms with van der Waals surface area (Å²) in [6.45, 7) is 1.99. The number of amides is 1. The van der Waals surface area contributed by atoms with Gasteiger partial charge in [-0.25, -0.2) is 4.79 Å². The van der Waals surface area contributed by atoms with Crippen LogP contribution in [-0.2, 0) is 20.7 Å². The molecular formula is C16H21NO5. The fraction of sp³-hybridized carbons (Fsp3) is 0.438. The predicted molar refractivity (Wildman–Crippen MR) is 80.5 cm³/mol. The maximum atomic E-state index is 12.2. The van der Waals surface area contributed by atoms with E-state index in [0.717, 1.165) is 5.56 Å². The van der Waals surface area contributed by atoms with Crippen LogP contribution >= 0.6 is 0 Å². The first-order chi connectivity index (χ1) is 10.3. The monoisotopic (exact) mass is 307 g/mol. The van der Waals surface area contributed by atoms with E-state index >= 15 is 0 Å². The highest BCUT2D eigenvalue weighted by Gasteiger charge is 2.24. The Labute approximate surface area is 129 Å². The minimum Gasteiger partial charge on any atom is -0.478 e. The van der Waals surface area contributed by atoms with Gasteiger partial charge in [-0.3, -0.25) is 9.59 Å². The summed E-state index contributed by atoms with van der Waals surface area (Å²) < 4.78 is 4.90. The van der Waals surface area contributed by atoms with Crippen molar-refractivity contribution in [3.63, 3.8) is 0 Å². The molecule has 0 aliphatic heterocycles. The Morgan fingerprint density at radius 1 is 1.18 bits per heavy atom. The summed E-state index contributed by atoms with van der Waals surface area (Å²) in [6.07, 6.45) is 0.362. The Hall–Kier alpha value is -2.37. The highest BCUT2D eigenvalue weighted by atomic mass is 16.5. The van der Waals surface area contributed by atoms with Crippen molar-refractivity contribution in [3.8, 4) is 0 Å². The third kappa shape index (κ3) is 5.20. The molecule has 0 aliphatic rings. The van der Waals surface area contributed by atoms with Crippen molar-refractivity contribution < 1.29 is 24.2 Å². The van der Waals surface area contributed by atoms with Crippen molar-refractivity contribution in [2.45, 2.75) is 19.8 Å². The third-order valence-corrected chi connectivity index (χ3v) is 3.19. The predicted octanol–water partition coefficient (Wildman–Crippen LogP) is 1.58. The summed E-state index contributed by atoms with van der Waals surface area (Å²) in [6, 6.07) is 6.29. The van der Waals surface area contributed by atoms with E-state index < -0.39 is 17.9 Å². The van der Waals surface area contributed by atoms with Gasteiger partial charge in [0.25, 0.3) is 0 Å². The second-order valence-corrected chi connectivity index (χ2v) is 5.14. The fourth-order valence-corrected chi connectivity index (χ4v) is 2.10. The molecule has 1 N–H and O–H groups in total. The molecule has 0 fully saturated rings. The molecule has 0 spiro atoms. The summed E-state index contributed by atoms with van der Waals surface area (Å²) >= 11 is 0. The number of benzene rings is 1. The van der Waals surface area contributed by atoms with E-state index in [2.05, 4.69) is 0 Å². The van der Waals surface area contributed by atoms with Gasteiger partial charge >= 0.3 is 11.9 Å². The molecule has 0 saturated carbocycles. The first-order valence-corrected chi connectivity index (χ1v) is 7.04. The van der Waals surface area contributed by atoms with Crippen LogP contribution in [0.4, 0.5) is 0 Å². The topological polar surface area (TPSA) is 83.9 Å². The fourth-order valence-electron chi connectivity index (χ4n) is 2.10. The lowest BCUT2D eigenvalue weighted by Crippen LogP contribution is -2.32. The van der Waals surface area contributed by atoms with E-state index in [4.69, 9.17) is 9.84 Å². The summed E-state index contributed by atoms with van der Waals surface area (Å²) in [7, 11) is 3.27. The summed E-state index contributed by atoms with van der Waals surface area (Å²) in [5.41, 5.74) is 0.985. The number of nitrogens with zero attached hydrogens (tertiary/aromatic N) is 1. The second-order valence-electron chi connectivity index (χ2n) is 5.14. The van der Waals surface area contributed by atoms with Crippen LogP contribution in [-0.4, -0.2) is 48.6 Å². The molecule has 1 aromatic carbocycles. The molecule has 6 nitrogen and oxygen atoms in total. The van der Waals surface area contributed by atoms with E-state index in [1.807, 2.05) is 0 Å². The summed E-state index contributed by atoms with van der Waals surface area (Å²) in [5.74, 6) is -2.09. The molecule has 0 bridgehead atoms. The second kappa shape index (κ2) is 8.17. The van der Waals surface area contributed by atoms with Gasteiger partial charge < -0.3 is 14.7 Å². The van der Waals surface area contributed by atoms with E-state index in [1.165, 1.54) is 17.0 Å². The first-order valence-electron chi connectivity index (χ1n) is 7.04. The molecule has 1 atom stereocenters. The van der Waals surface area contributed by atoms with Crippen molar-refractivity contribution in [2.75, 3.05) is 20.7 Å². The quantitative estimate of drug-likeness (QED) is 0.773. The summed E-state index contributed by atoms with van der Waals surface area (Å²) in [4.78, 5) is 36.1. The number of carboxylic acids is 1. The minimum absolute atomic E-state index is 0.00549. The number of hydrogen-bond donors (Lipinski definition) is 1. The van der Waals surface area contributed by atoms with Gasteiger partial charge in [0.15, 0.2) is 0 Å². The Morgan fingerprint density at radius 2 is 1.77 bits per heavy atom. The van der Waals surface area contributed by atoms with Crippen LogP contribution in [0.15, 0.2) is 24.3 Å². The van der Waals surface area contributed by atoms with Crippen LogP contribution in [0.25, 0.3) is 0 Å². The maximum Gasteiger partial charge on any atom is 0.335 e. The van der Waals surface area contributed by atoms with Crippen LogP contribution in [0.2, 0.25) is 0 Å². The molecule has 6 heteroatoms. The van der Waals surface area contributed by atoms with Crippen LogP contribution in [0.1, 0.15) is 29.3 Å². The number of ether oxygens (including phenoxy) is 1. The maximum absolute atomic E-state index is 12.2. The van der Waals surface area contributed by atoms with Gasteiger partial charge in [-0.1, -0.05) is 12.1 Å². The van der Waals surface area contributed by atoms with Crippen LogP contribution < -0.4 is 0 Å². The molecule has 0 aromatic heterocycles. The lowest BCUT2D eigenvalue weighted by Gasteiger charge is -2.20. The van der Waals surface area contributed by atoms with E-state index in [-0.39, 0.29) is 24.5 Å². The molecule has 0 saturated heterocycles. The molecule has 22 heavy (non-hydrogen) atoms. The van der Waals surface area contributed by atoms with Crippen molar-refractivity contribution in [1.82, 2.24) is 4.90 Å². The molecule has 0 aliphatic carbocycles. The number of aromatic carboxylic acids is 1. The largest absolute Gasteiger partial charge is 0.478 e. The molecule has 1 amide bonds. The number of hydrogen-bond acceptors (Lipinski definition) is 4. The Bertz CT molecular complexity index is 536. The Morgan fingerprint density at radius 3 is 2.23 bits per heavy atom. The van der Waals surface area contributed by atoms with Crippen molar-refractivity contribution in [3.05, 3.63) is 35.4 Å². The van der Waals surface area contributed by atoms with Crippen molar-refractivity contribution in [1.29, 1.82) is 0 Å². The standard InChI is InChI=1S/C16H21NO5/c1-4-22-14(18)10-13(15(19)17(2)3)9-11-5-7-12(8-6-11)16(20)21/h5-8,13H,4,9-10H2,1-3H3,(H,20,21). The van der Waals surface area contributed by atoms with Crippen LogP contribution in [0.5, 0.6) is 0 Å². The SMILES string of the molecule is CCOC(=O)CC(Cc1ccc(C(=O)O)cc1)C(=O)N(C)C. The van der Waals surface area contributed by atoms with Gasteiger partial charge in [-0.2, -0.15) is 0 Å². The van der Waals surface area contributed by atoms with Crippen LogP contribution in [0.3, 0.4) is 0 Å². The number of carbonyl (C=O) groups is 3. The number of carboxylic acid groups (broad SMARTS) is 1. The average molecular weight is 307 g/mol. The van der Waals surface area contributed by atoms with Crippen molar-refractivity contribution in [2.24, 2.45) is 5.92 Å². The highest BCUT2D eigenvalue weighted by Crippen LogP contribution is 2.16. The van der Waals surface area contributed by atoms with Gasteiger partial charge in [0.1, 0.15) is 0 Å².